The van der Waals surface area contributed by atoms with Gasteiger partial charge in [0.1, 0.15) is 43.3 Å². The fourth-order valence-electron chi connectivity index (χ4n) is 6.18. The van der Waals surface area contributed by atoms with E-state index in [1.54, 1.807) is 12.4 Å². The number of unbranched alkanes of at least 4 members (excludes halogenated alkanes) is 2. The molecule has 0 spiro atoms. The van der Waals surface area contributed by atoms with Crippen LogP contribution < -0.4 is 15.2 Å². The molecule has 1 fully saturated rings. The number of quaternary nitrogens is 1. The molecule has 3 rings (SSSR count). The molecule has 9 N–H and O–H groups in total. The first-order valence-corrected chi connectivity index (χ1v) is 14.9. The smallest absolute Gasteiger partial charge is 0.131 e. The van der Waals surface area contributed by atoms with E-state index >= 15 is 0 Å². The van der Waals surface area contributed by atoms with Crippen LogP contribution >= 0.6 is 0 Å². The van der Waals surface area contributed by atoms with Crippen LogP contribution in [0, 0.1) is 17.8 Å². The highest BCUT2D eigenvalue weighted by Crippen LogP contribution is 2.48. The molecule has 1 aromatic rings. The Balaban J connectivity index is 0.000000383. The lowest BCUT2D eigenvalue weighted by Crippen LogP contribution is -2.83. The van der Waals surface area contributed by atoms with Gasteiger partial charge in [0.2, 0.25) is 0 Å². The predicted octanol–water partition coefficient (Wildman–Crippen LogP) is -2.14. The van der Waals surface area contributed by atoms with Crippen LogP contribution in [-0.2, 0) is 17.6 Å². The summed E-state index contributed by atoms with van der Waals surface area (Å²) < 4.78 is 5.44. The second-order valence-electron chi connectivity index (χ2n) is 11.5. The lowest BCUT2D eigenvalue weighted by Gasteiger charge is -2.32. The van der Waals surface area contributed by atoms with Gasteiger partial charge in [-0.3, -0.25) is 0 Å². The summed E-state index contributed by atoms with van der Waals surface area (Å²) in [6, 6.07) is 5.80. The van der Waals surface area contributed by atoms with E-state index in [4.69, 9.17) is 20.1 Å². The summed E-state index contributed by atoms with van der Waals surface area (Å²) in [7, 11) is 1.70. The van der Waals surface area contributed by atoms with Crippen molar-refractivity contribution >= 4 is 5.97 Å². The zero-order valence-corrected chi connectivity index (χ0v) is 24.3. The van der Waals surface area contributed by atoms with Gasteiger partial charge >= 0.3 is 0 Å². The van der Waals surface area contributed by atoms with E-state index in [2.05, 4.69) is 13.0 Å². The number of rotatable bonds is 16. The number of benzene rings is 1. The molecule has 0 radical (unpaired) electrons. The first kappa shape index (κ1) is 35.4. The van der Waals surface area contributed by atoms with Crippen molar-refractivity contribution in [3.05, 3.63) is 29.3 Å². The Morgan fingerprint density at radius 2 is 1.78 bits per heavy atom. The maximum Gasteiger partial charge on any atom is 0.131 e. The number of carbonyl (C=O) groups is 1. The summed E-state index contributed by atoms with van der Waals surface area (Å²) in [5, 5.41) is 78.3. The molecule has 0 heterocycles. The number of hydrogen-bond donors (Lipinski definition) is 8. The van der Waals surface area contributed by atoms with Gasteiger partial charge in [-0.05, 0) is 73.5 Å². The van der Waals surface area contributed by atoms with E-state index in [1.165, 1.54) is 5.56 Å². The van der Waals surface area contributed by atoms with Crippen LogP contribution in [-0.4, -0.2) is 105 Å². The third-order valence-electron chi connectivity index (χ3n) is 8.47. The van der Waals surface area contributed by atoms with Crippen molar-refractivity contribution in [3.8, 4) is 5.75 Å². The van der Waals surface area contributed by atoms with Crippen LogP contribution in [0.2, 0.25) is 0 Å². The number of nitrogens with two attached hydrogens (primary N) is 1. The first-order chi connectivity index (χ1) is 19.5. The number of fused-ring (bicyclic) bond motifs is 2. The van der Waals surface area contributed by atoms with Gasteiger partial charge in [-0.25, -0.2) is 0 Å². The summed E-state index contributed by atoms with van der Waals surface area (Å²) in [6.07, 6.45) is 2.23. The largest absolute Gasteiger partial charge is 0.546 e. The third kappa shape index (κ3) is 10.7. The summed E-state index contributed by atoms with van der Waals surface area (Å²) >= 11 is 0. The van der Waals surface area contributed by atoms with Crippen LogP contribution in [0.4, 0.5) is 0 Å². The molecular formula is C30H51NO10. The second-order valence-corrected chi connectivity index (χ2v) is 11.5. The average Bonchev–Trinajstić information content (AvgIpc) is 3.26. The third-order valence-corrected chi connectivity index (χ3v) is 8.47. The van der Waals surface area contributed by atoms with Crippen molar-refractivity contribution in [2.75, 3.05) is 26.8 Å². The monoisotopic (exact) mass is 585 g/mol. The van der Waals surface area contributed by atoms with Crippen LogP contribution in [0.15, 0.2) is 18.2 Å². The lowest BCUT2D eigenvalue weighted by atomic mass is 9.73. The van der Waals surface area contributed by atoms with E-state index in [0.29, 0.717) is 17.6 Å². The first-order valence-electron chi connectivity index (χ1n) is 14.9. The standard InChI is InChI=1S/C23H34O5.C7H17NO5/c1-2-3-4-7-17(24)9-10-18-19-11-15-6-5-8-22(28-14-23(26)27)20(15)12-16(19)13-21(18)25;1-8-2-4(10)6(12)7(13)5(11)3-9/h5-6,8,16-19,21,24-25H,2-4,7,9-14H2,1H3,(H,26,27);4-13H,2-3H2,1H3/t16-,17-,18+,19-,21+;/m0./s1. The summed E-state index contributed by atoms with van der Waals surface area (Å²) in [4.78, 5) is 10.7. The van der Waals surface area contributed by atoms with Crippen LogP contribution in [0.25, 0.3) is 0 Å². The van der Waals surface area contributed by atoms with Gasteiger partial charge in [0.25, 0.3) is 0 Å². The molecule has 236 valence electrons. The Morgan fingerprint density at radius 3 is 2.41 bits per heavy atom. The van der Waals surface area contributed by atoms with Crippen LogP contribution in [0.3, 0.4) is 0 Å². The fourth-order valence-corrected chi connectivity index (χ4v) is 6.18. The van der Waals surface area contributed by atoms with E-state index in [1.807, 2.05) is 12.1 Å². The Bertz CT molecular complexity index is 902. The maximum absolute atomic E-state index is 10.7. The Hall–Kier alpha value is -1.83. The van der Waals surface area contributed by atoms with Gasteiger partial charge in [0.05, 0.1) is 31.8 Å². The van der Waals surface area contributed by atoms with Gasteiger partial charge in [0, 0.05) is 0 Å². The van der Waals surface area contributed by atoms with Crippen LogP contribution in [0.1, 0.15) is 63.0 Å². The number of carbonyl (C=O) groups excluding carboxylic acids is 1. The minimum Gasteiger partial charge on any atom is -0.546 e. The number of aliphatic carboxylic acids is 1. The highest BCUT2D eigenvalue weighted by atomic mass is 16.5. The molecule has 1 aromatic carbocycles. The van der Waals surface area contributed by atoms with Crippen molar-refractivity contribution in [2.45, 2.75) is 101 Å². The highest BCUT2D eigenvalue weighted by Gasteiger charge is 2.44. The van der Waals surface area contributed by atoms with Crippen molar-refractivity contribution in [1.82, 2.24) is 0 Å². The molecule has 0 bridgehead atoms. The number of ether oxygens (including phenoxy) is 1. The summed E-state index contributed by atoms with van der Waals surface area (Å²) in [6.45, 7) is 1.29. The number of aliphatic hydroxyl groups excluding tert-OH is 7. The number of hydrogen-bond acceptors (Lipinski definition) is 10. The summed E-state index contributed by atoms with van der Waals surface area (Å²) in [5.41, 5.74) is 2.28. The number of carboxylic acid groups (broad SMARTS) is 1. The highest BCUT2D eigenvalue weighted by molar-refractivity contribution is 5.66. The minimum atomic E-state index is -1.53. The average molecular weight is 586 g/mol. The number of carboxylic acids is 1. The fraction of sp³-hybridized carbons (Fsp3) is 0.767. The van der Waals surface area contributed by atoms with Gasteiger partial charge in [-0.15, -0.1) is 0 Å². The Labute approximate surface area is 242 Å². The Morgan fingerprint density at radius 1 is 1.07 bits per heavy atom. The normalized spacial score (nSPS) is 25.1. The number of likely N-dealkylation sites (N-methyl/N-ethyl adjacent to an activating group) is 1. The molecule has 9 atom stereocenters. The van der Waals surface area contributed by atoms with Gasteiger partial charge in [-0.1, -0.05) is 38.3 Å². The molecule has 11 nitrogen and oxygen atoms in total. The molecule has 41 heavy (non-hydrogen) atoms. The minimum absolute atomic E-state index is 0.219. The van der Waals surface area contributed by atoms with E-state index in [0.717, 1.165) is 63.4 Å². The SMILES string of the molecule is CCCCC[C@H](O)CC[C@@H]1[C@H]2Cc3cccc(OCC(=O)[O-])c3C[C@H]2C[C@H]1O.C[NH2+]CC(O)C(O)C(O)C(O)CO. The number of aliphatic hydroxyl groups is 7. The van der Waals surface area contributed by atoms with E-state index in [9.17, 15) is 30.3 Å². The molecule has 4 unspecified atom stereocenters. The van der Waals surface area contributed by atoms with Crippen molar-refractivity contribution in [2.24, 2.45) is 17.8 Å². The lowest BCUT2D eigenvalue weighted by molar-refractivity contribution is -0.635. The van der Waals surface area contributed by atoms with E-state index < -0.39 is 43.6 Å². The summed E-state index contributed by atoms with van der Waals surface area (Å²) in [5.74, 6) is 0.440. The molecule has 0 amide bonds. The van der Waals surface area contributed by atoms with Gasteiger partial charge in [-0.2, -0.15) is 0 Å². The molecule has 1 saturated carbocycles. The van der Waals surface area contributed by atoms with E-state index in [-0.39, 0.29) is 24.7 Å². The van der Waals surface area contributed by atoms with Gasteiger partial charge in [0.15, 0.2) is 0 Å². The van der Waals surface area contributed by atoms with Gasteiger partial charge < -0.3 is 55.7 Å². The molecule has 11 heteroatoms. The zero-order chi connectivity index (χ0) is 30.5. The molecule has 2 aliphatic carbocycles. The maximum atomic E-state index is 10.7. The quantitative estimate of drug-likeness (QED) is 0.0988. The van der Waals surface area contributed by atoms with Crippen molar-refractivity contribution in [3.63, 3.8) is 0 Å². The molecule has 2 aliphatic rings. The molecule has 0 saturated heterocycles. The van der Waals surface area contributed by atoms with Crippen LogP contribution in [0.5, 0.6) is 5.75 Å². The molecule has 0 aromatic heterocycles. The second kappa shape index (κ2) is 18.0. The van der Waals surface area contributed by atoms with Crippen molar-refractivity contribution in [1.29, 1.82) is 0 Å². The zero-order valence-electron chi connectivity index (χ0n) is 24.3. The molecule has 0 aliphatic heterocycles. The van der Waals surface area contributed by atoms with Crippen molar-refractivity contribution < 1.29 is 55.7 Å². The Kier molecular flexibility index (Phi) is 15.5. The predicted molar refractivity (Wildman–Crippen MR) is 149 cm³/mol. The topological polar surface area (TPSA) is 208 Å². The molecular weight excluding hydrogens is 534 g/mol.